The molecule has 1 fully saturated rings. The summed E-state index contributed by atoms with van der Waals surface area (Å²) in [5, 5.41) is 8.26. The zero-order chi connectivity index (χ0) is 13.7. The SMILES string of the molecule is CCN1CCCC1CN(C)Cc1cn(CCN)nn1. The van der Waals surface area contributed by atoms with Crippen molar-refractivity contribution in [3.63, 3.8) is 0 Å². The van der Waals surface area contributed by atoms with Crippen molar-refractivity contribution in [1.29, 1.82) is 0 Å². The van der Waals surface area contributed by atoms with Crippen LogP contribution in [0.3, 0.4) is 0 Å². The van der Waals surface area contributed by atoms with E-state index >= 15 is 0 Å². The van der Waals surface area contributed by atoms with Crippen LogP contribution in [-0.2, 0) is 13.1 Å². The van der Waals surface area contributed by atoms with Crippen molar-refractivity contribution in [2.75, 3.05) is 33.2 Å². The van der Waals surface area contributed by atoms with Crippen molar-refractivity contribution < 1.29 is 0 Å². The van der Waals surface area contributed by atoms with Crippen LogP contribution in [0.1, 0.15) is 25.5 Å². The Morgan fingerprint density at radius 1 is 1.53 bits per heavy atom. The molecule has 108 valence electrons. The lowest BCUT2D eigenvalue weighted by atomic mass is 10.2. The van der Waals surface area contributed by atoms with Gasteiger partial charge in [-0.1, -0.05) is 12.1 Å². The summed E-state index contributed by atoms with van der Waals surface area (Å²) in [6, 6.07) is 0.703. The zero-order valence-electron chi connectivity index (χ0n) is 12.1. The van der Waals surface area contributed by atoms with E-state index in [4.69, 9.17) is 5.73 Å². The first-order chi connectivity index (χ1) is 9.22. The van der Waals surface area contributed by atoms with E-state index in [1.54, 1.807) is 0 Å². The summed E-state index contributed by atoms with van der Waals surface area (Å²) < 4.78 is 1.82. The van der Waals surface area contributed by atoms with Gasteiger partial charge in [0.15, 0.2) is 0 Å². The smallest absolute Gasteiger partial charge is 0.0967 e. The Bertz CT molecular complexity index is 377. The highest BCUT2D eigenvalue weighted by atomic mass is 15.4. The van der Waals surface area contributed by atoms with E-state index in [1.807, 2.05) is 10.9 Å². The fraction of sp³-hybridized carbons (Fsp3) is 0.846. The van der Waals surface area contributed by atoms with Crippen LogP contribution in [0.15, 0.2) is 6.20 Å². The Morgan fingerprint density at radius 2 is 2.37 bits per heavy atom. The lowest BCUT2D eigenvalue weighted by Crippen LogP contribution is -2.38. The zero-order valence-corrected chi connectivity index (χ0v) is 12.1. The van der Waals surface area contributed by atoms with Gasteiger partial charge in [-0.3, -0.25) is 14.5 Å². The first-order valence-electron chi connectivity index (χ1n) is 7.24. The maximum atomic E-state index is 5.51. The Labute approximate surface area is 115 Å². The van der Waals surface area contributed by atoms with Gasteiger partial charge in [0.05, 0.1) is 12.2 Å². The maximum absolute atomic E-state index is 5.51. The van der Waals surface area contributed by atoms with Gasteiger partial charge < -0.3 is 5.73 Å². The molecule has 1 aromatic rings. The van der Waals surface area contributed by atoms with Crippen molar-refractivity contribution in [1.82, 2.24) is 24.8 Å². The lowest BCUT2D eigenvalue weighted by Gasteiger charge is -2.27. The molecule has 19 heavy (non-hydrogen) atoms. The molecule has 0 aliphatic carbocycles. The monoisotopic (exact) mass is 266 g/mol. The third-order valence-corrected chi connectivity index (χ3v) is 3.80. The average molecular weight is 266 g/mol. The van der Waals surface area contributed by atoms with Crippen molar-refractivity contribution in [3.05, 3.63) is 11.9 Å². The van der Waals surface area contributed by atoms with Crippen LogP contribution in [0.5, 0.6) is 0 Å². The molecule has 0 saturated carbocycles. The topological polar surface area (TPSA) is 63.2 Å². The van der Waals surface area contributed by atoms with Gasteiger partial charge in [0.2, 0.25) is 0 Å². The number of likely N-dealkylation sites (tertiary alicyclic amines) is 1. The fourth-order valence-corrected chi connectivity index (χ4v) is 2.87. The molecule has 1 unspecified atom stereocenters. The van der Waals surface area contributed by atoms with E-state index in [-0.39, 0.29) is 0 Å². The minimum atomic E-state index is 0.603. The van der Waals surface area contributed by atoms with E-state index in [2.05, 4.69) is 34.1 Å². The molecule has 1 saturated heterocycles. The Hall–Kier alpha value is -0.980. The molecule has 2 N–H and O–H groups in total. The maximum Gasteiger partial charge on any atom is 0.0967 e. The van der Waals surface area contributed by atoms with Gasteiger partial charge >= 0.3 is 0 Å². The van der Waals surface area contributed by atoms with Crippen LogP contribution in [0.25, 0.3) is 0 Å². The highest BCUT2D eigenvalue weighted by Gasteiger charge is 2.24. The van der Waals surface area contributed by atoms with Crippen molar-refractivity contribution in [3.8, 4) is 0 Å². The third kappa shape index (κ3) is 3.99. The molecule has 0 radical (unpaired) electrons. The van der Waals surface area contributed by atoms with Crippen LogP contribution < -0.4 is 5.73 Å². The summed E-state index contributed by atoms with van der Waals surface area (Å²) in [5.74, 6) is 0. The van der Waals surface area contributed by atoms with Gasteiger partial charge in [-0.25, -0.2) is 0 Å². The number of hydrogen-bond donors (Lipinski definition) is 1. The van der Waals surface area contributed by atoms with E-state index in [0.29, 0.717) is 12.6 Å². The molecule has 1 aromatic heterocycles. The first kappa shape index (κ1) is 14.4. The van der Waals surface area contributed by atoms with Crippen LogP contribution in [0, 0.1) is 0 Å². The predicted octanol–water partition coefficient (Wildman–Crippen LogP) is 0.153. The highest BCUT2D eigenvalue weighted by Crippen LogP contribution is 2.17. The quantitative estimate of drug-likeness (QED) is 0.761. The number of nitrogens with zero attached hydrogens (tertiary/aromatic N) is 5. The molecule has 1 atom stereocenters. The molecule has 0 bridgehead atoms. The summed E-state index contributed by atoms with van der Waals surface area (Å²) in [6.45, 7) is 7.97. The van der Waals surface area contributed by atoms with Crippen molar-refractivity contribution in [2.45, 2.75) is 38.9 Å². The predicted molar refractivity (Wildman–Crippen MR) is 75.7 cm³/mol. The molecule has 1 aliphatic rings. The van der Waals surface area contributed by atoms with Crippen LogP contribution >= 0.6 is 0 Å². The normalized spacial score (nSPS) is 20.5. The van der Waals surface area contributed by atoms with Crippen LogP contribution in [0.4, 0.5) is 0 Å². The van der Waals surface area contributed by atoms with Crippen molar-refractivity contribution in [2.24, 2.45) is 5.73 Å². The first-order valence-corrected chi connectivity index (χ1v) is 7.24. The van der Waals surface area contributed by atoms with Crippen molar-refractivity contribution >= 4 is 0 Å². The Morgan fingerprint density at radius 3 is 3.11 bits per heavy atom. The average Bonchev–Trinajstić information content (AvgIpc) is 2.99. The summed E-state index contributed by atoms with van der Waals surface area (Å²) in [4.78, 5) is 4.91. The van der Waals surface area contributed by atoms with Gasteiger partial charge in [0.25, 0.3) is 0 Å². The molecular formula is C13H26N6. The third-order valence-electron chi connectivity index (χ3n) is 3.80. The Kier molecular flexibility index (Phi) is 5.30. The summed E-state index contributed by atoms with van der Waals surface area (Å²) in [6.07, 6.45) is 4.65. The number of rotatable bonds is 7. The second-order valence-electron chi connectivity index (χ2n) is 5.38. The minimum absolute atomic E-state index is 0.603. The molecule has 6 heteroatoms. The lowest BCUT2D eigenvalue weighted by molar-refractivity contribution is 0.193. The minimum Gasteiger partial charge on any atom is -0.329 e. The van der Waals surface area contributed by atoms with E-state index in [9.17, 15) is 0 Å². The number of likely N-dealkylation sites (N-methyl/N-ethyl adjacent to an activating group) is 2. The van der Waals surface area contributed by atoms with Gasteiger partial charge in [-0.2, -0.15) is 0 Å². The highest BCUT2D eigenvalue weighted by molar-refractivity contribution is 4.92. The van der Waals surface area contributed by atoms with Crippen LogP contribution in [0.2, 0.25) is 0 Å². The molecule has 2 heterocycles. The number of hydrogen-bond acceptors (Lipinski definition) is 5. The second-order valence-corrected chi connectivity index (χ2v) is 5.38. The molecule has 0 amide bonds. The van der Waals surface area contributed by atoms with Gasteiger partial charge in [-0.05, 0) is 33.0 Å². The molecule has 0 aromatic carbocycles. The molecule has 6 nitrogen and oxygen atoms in total. The summed E-state index contributed by atoms with van der Waals surface area (Å²) in [7, 11) is 2.16. The molecule has 1 aliphatic heterocycles. The van der Waals surface area contributed by atoms with Gasteiger partial charge in [0.1, 0.15) is 0 Å². The molecular weight excluding hydrogens is 240 g/mol. The Balaban J connectivity index is 1.81. The number of nitrogens with two attached hydrogens (primary N) is 1. The fourth-order valence-electron chi connectivity index (χ4n) is 2.87. The van der Waals surface area contributed by atoms with Gasteiger partial charge in [-0.15, -0.1) is 5.10 Å². The second kappa shape index (κ2) is 6.98. The van der Waals surface area contributed by atoms with E-state index in [1.165, 1.54) is 19.4 Å². The van der Waals surface area contributed by atoms with Gasteiger partial charge in [0, 0.05) is 31.9 Å². The van der Waals surface area contributed by atoms with E-state index in [0.717, 1.165) is 31.9 Å². The summed E-state index contributed by atoms with van der Waals surface area (Å²) in [5.41, 5.74) is 6.53. The number of aromatic nitrogens is 3. The van der Waals surface area contributed by atoms with E-state index < -0.39 is 0 Å². The van der Waals surface area contributed by atoms with Crippen LogP contribution in [-0.4, -0.2) is 64.1 Å². The molecule has 2 rings (SSSR count). The molecule has 0 spiro atoms. The standard InChI is InChI=1S/C13H26N6/c1-3-18-7-4-5-13(18)11-17(2)9-12-10-19(8-6-14)16-15-12/h10,13H,3-9,11,14H2,1-2H3. The largest absolute Gasteiger partial charge is 0.329 e. The summed E-state index contributed by atoms with van der Waals surface area (Å²) >= 11 is 0.